The molecule has 0 saturated carbocycles. The molecule has 0 radical (unpaired) electrons. The van der Waals surface area contributed by atoms with E-state index in [4.69, 9.17) is 4.42 Å². The van der Waals surface area contributed by atoms with Crippen molar-refractivity contribution in [3.8, 4) is 55.9 Å². The normalized spacial score (nSPS) is 14.3. The third-order valence-corrected chi connectivity index (χ3v) is 26.0. The zero-order chi connectivity index (χ0) is 87.2. The molecule has 0 aliphatic carbocycles. The average Bonchev–Trinajstić information content (AvgIpc) is 1.58. The van der Waals surface area contributed by atoms with Crippen molar-refractivity contribution < 1.29 is 15.4 Å². The molecule has 2 aliphatic heterocycles. The minimum atomic E-state index is -0.560. The minimum Gasteiger partial charge on any atom is -0.453 e. The molecular weight excluding hydrogens is 1440 g/mol. The Labute approximate surface area is 702 Å². The van der Waals surface area contributed by atoms with Crippen molar-refractivity contribution in [2.75, 3.05) is 9.80 Å². The molecule has 5 nitrogen and oxygen atoms in total. The summed E-state index contributed by atoms with van der Waals surface area (Å²) in [6.45, 7) is 33.7. The second kappa shape index (κ2) is 26.0. The van der Waals surface area contributed by atoms with E-state index in [0.29, 0.717) is 11.3 Å². The van der Waals surface area contributed by atoms with Crippen LogP contribution in [0.4, 0.5) is 34.1 Å². The van der Waals surface area contributed by atoms with E-state index in [2.05, 4.69) is 367 Å². The minimum absolute atomic E-state index is 0.00208. The number of thiophene rings is 1. The van der Waals surface area contributed by atoms with Crippen molar-refractivity contribution in [2.45, 2.75) is 131 Å². The molecule has 7 heteroatoms. The number of fused-ring (bicyclic) bond motifs is 16. The van der Waals surface area contributed by atoms with Crippen LogP contribution in [0.1, 0.15) is 143 Å². The molecule has 15 aromatic carbocycles. The van der Waals surface area contributed by atoms with Crippen molar-refractivity contribution in [1.82, 2.24) is 9.13 Å². The molecule has 19 aromatic rings. The Morgan fingerprint density at radius 1 is 0.291 bits per heavy atom. The topological polar surface area (TPSA) is 29.5 Å². The van der Waals surface area contributed by atoms with E-state index >= 15 is 0 Å². The number of para-hydroxylation sites is 4. The van der Waals surface area contributed by atoms with Gasteiger partial charge in [-0.2, -0.15) is 0 Å². The lowest BCUT2D eigenvalue weighted by atomic mass is 9.33. The molecule has 0 N–H and O–H groups in total. The molecule has 570 valence electrons. The summed E-state index contributed by atoms with van der Waals surface area (Å²) in [5, 5.41) is 6.67. The lowest BCUT2D eigenvalue weighted by Crippen LogP contribution is -2.61. The van der Waals surface area contributed by atoms with Gasteiger partial charge in [-0.15, -0.1) is 11.3 Å². The summed E-state index contributed by atoms with van der Waals surface area (Å²) in [4.78, 5) is 4.99. The van der Waals surface area contributed by atoms with Crippen LogP contribution < -0.4 is 26.2 Å². The van der Waals surface area contributed by atoms with Crippen molar-refractivity contribution >= 4 is 154 Å². The predicted molar refractivity (Wildman–Crippen MR) is 505 cm³/mol. The summed E-state index contributed by atoms with van der Waals surface area (Å²) in [5.74, 6) is 0. The Morgan fingerprint density at radius 2 is 0.778 bits per heavy atom. The Bertz CT molecular complexity index is 7630. The Balaban J connectivity index is 0.961. The van der Waals surface area contributed by atoms with Crippen LogP contribution >= 0.6 is 11.3 Å². The third kappa shape index (κ3) is 11.6. The molecule has 21 rings (SSSR count). The molecule has 0 atom stereocenters. The largest absolute Gasteiger partial charge is 0.453 e. The highest BCUT2D eigenvalue weighted by atomic mass is 32.1. The van der Waals surface area contributed by atoms with Crippen LogP contribution in [-0.2, 0) is 27.1 Å². The maximum atomic E-state index is 10.0. The molecule has 0 amide bonds. The molecular formula is C110H95BN4OS. The number of furan rings is 1. The number of hydrogen-bond acceptors (Lipinski definition) is 4. The van der Waals surface area contributed by atoms with Gasteiger partial charge in [-0.05, 0) is 196 Å². The highest BCUT2D eigenvalue weighted by molar-refractivity contribution is 7.25. The number of rotatable bonds is 8. The molecule has 0 saturated heterocycles. The van der Waals surface area contributed by atoms with Crippen LogP contribution in [0.3, 0.4) is 0 Å². The number of benzene rings is 15. The first-order chi connectivity index (χ1) is 59.5. The van der Waals surface area contributed by atoms with Crippen LogP contribution in [0.2, 0.25) is 0 Å². The fourth-order valence-corrected chi connectivity index (χ4v) is 19.7. The summed E-state index contributed by atoms with van der Waals surface area (Å²) in [6, 6.07) is 90.7. The SMILES string of the molecule is [2H]c1c([2H])c([2H])c2c(c1[2H])c1c([2H])c([2H])c([2H])c([2H])c1n2-c1ccc2c(c1)N(c1c(-c3ccccc3)cc(C(C)(C)C)cc1-c1ccccc1)c1cc(-n3c4ccc(C(C)(C)C)cc4c4cc(C(C)(C)C)ccc43)cc3c1B2c1ccc(-c2cc(C(C)(C)C)cc(C(C)(C)C)c2)cc1N3c1cccc2c1oc1c(-c3ccc4c(c3)sc3ccccc34)cccc12. The van der Waals surface area contributed by atoms with Gasteiger partial charge in [0.05, 0.1) is 50.1 Å². The summed E-state index contributed by atoms with van der Waals surface area (Å²) in [6.07, 6.45) is 0. The fourth-order valence-electron chi connectivity index (χ4n) is 18.6. The van der Waals surface area contributed by atoms with Gasteiger partial charge in [0.1, 0.15) is 5.58 Å². The lowest BCUT2D eigenvalue weighted by Gasteiger charge is -2.45. The molecule has 117 heavy (non-hydrogen) atoms. The van der Waals surface area contributed by atoms with Crippen molar-refractivity contribution in [3.05, 3.63) is 331 Å². The van der Waals surface area contributed by atoms with Crippen LogP contribution in [0.15, 0.2) is 308 Å². The summed E-state index contributed by atoms with van der Waals surface area (Å²) in [7, 11) is 0. The van der Waals surface area contributed by atoms with Gasteiger partial charge in [-0.3, -0.25) is 0 Å². The smallest absolute Gasteiger partial charge is 0.252 e. The molecule has 6 heterocycles. The van der Waals surface area contributed by atoms with E-state index < -0.39 is 43.0 Å². The van der Waals surface area contributed by atoms with Crippen LogP contribution in [0.5, 0.6) is 0 Å². The number of nitrogens with zero attached hydrogens (tertiary/aromatic N) is 4. The van der Waals surface area contributed by atoms with Gasteiger partial charge in [0.2, 0.25) is 0 Å². The number of hydrogen-bond donors (Lipinski definition) is 0. The van der Waals surface area contributed by atoms with Crippen LogP contribution in [0, 0.1) is 0 Å². The Morgan fingerprint density at radius 3 is 1.38 bits per heavy atom. The average molecular weight is 1540 g/mol. The Hall–Kier alpha value is -12.4. The maximum Gasteiger partial charge on any atom is 0.252 e. The molecule has 0 fully saturated rings. The van der Waals surface area contributed by atoms with E-state index in [1.165, 1.54) is 42.4 Å². The van der Waals surface area contributed by atoms with Gasteiger partial charge in [-0.1, -0.05) is 310 Å². The van der Waals surface area contributed by atoms with E-state index in [9.17, 15) is 11.0 Å². The Kier molecular flexibility index (Phi) is 14.2. The second-order valence-corrected chi connectivity index (χ2v) is 38.6. The van der Waals surface area contributed by atoms with Gasteiger partial charge in [0.15, 0.2) is 5.58 Å². The van der Waals surface area contributed by atoms with Crippen molar-refractivity contribution in [2.24, 2.45) is 0 Å². The highest BCUT2D eigenvalue weighted by Crippen LogP contribution is 2.55. The van der Waals surface area contributed by atoms with E-state index in [0.717, 1.165) is 144 Å². The quantitative estimate of drug-likeness (QED) is 0.142. The monoisotopic (exact) mass is 1540 g/mol. The first-order valence-corrected chi connectivity index (χ1v) is 41.8. The summed E-state index contributed by atoms with van der Waals surface area (Å²) >= 11 is 1.81. The summed E-state index contributed by atoms with van der Waals surface area (Å²) < 4.78 is 91.2. The lowest BCUT2D eigenvalue weighted by molar-refractivity contribution is 0.569. The van der Waals surface area contributed by atoms with Gasteiger partial charge in [0, 0.05) is 97.6 Å². The maximum absolute atomic E-state index is 10.0. The first kappa shape index (κ1) is 63.8. The molecule has 2 aliphatic rings. The molecule has 4 aromatic heterocycles. The van der Waals surface area contributed by atoms with Gasteiger partial charge >= 0.3 is 0 Å². The van der Waals surface area contributed by atoms with Crippen molar-refractivity contribution in [3.63, 3.8) is 0 Å². The van der Waals surface area contributed by atoms with E-state index in [1.807, 2.05) is 17.4 Å². The van der Waals surface area contributed by atoms with Gasteiger partial charge in [0.25, 0.3) is 6.71 Å². The highest BCUT2D eigenvalue weighted by Gasteiger charge is 2.46. The predicted octanol–water partition coefficient (Wildman–Crippen LogP) is 29.4. The van der Waals surface area contributed by atoms with E-state index in [-0.39, 0.29) is 61.0 Å². The molecule has 0 spiro atoms. The third-order valence-electron chi connectivity index (χ3n) is 24.9. The van der Waals surface area contributed by atoms with Crippen LogP contribution in [0.25, 0.3) is 142 Å². The zero-order valence-electron chi connectivity index (χ0n) is 76.9. The fraction of sp³-hybridized carbons (Fsp3) is 0.182. The van der Waals surface area contributed by atoms with Gasteiger partial charge in [-0.25, -0.2) is 0 Å². The molecule has 0 unspecified atom stereocenters. The standard InChI is InChI=1S/C110H95BN4OS/c1-106(2,3)71-46-52-93-87(59-71)88-60-72(107(4,5)6)47-53-94(88)113(93)77-64-98-102-99(65-77)115(103-85(66-30-18-16-19-31-66)61-75(110(13,14)15)62-86(103)67-32-20-17-21-33-67)97-63-76(112-91-40-25-22-34-79(91)80-35-23-26-41-92(80)112)48-51-90(97)111(102)89-50-45-68(70-54-73(108(7,8)9)58-74(55-70)109(10,11)12)56-96(89)114(98)95-42-29-39-84-83-38-28-37-78(104(83)116-105(84)95)69-44-49-82-81-36-24-27-43-100(81)117-101(82)57-69/h16-65H,1-15H3/i22D,23D,25D,26D,34D,35D,40D,41D. The number of aromatic nitrogens is 2. The van der Waals surface area contributed by atoms with E-state index in [1.54, 1.807) is 4.57 Å². The first-order valence-electron chi connectivity index (χ1n) is 45.0. The number of anilines is 6. The second-order valence-electron chi connectivity index (χ2n) is 37.5. The zero-order valence-corrected chi connectivity index (χ0v) is 69.7. The van der Waals surface area contributed by atoms with Crippen molar-refractivity contribution in [1.29, 1.82) is 0 Å². The molecule has 0 bridgehead atoms. The van der Waals surface area contributed by atoms with Gasteiger partial charge < -0.3 is 23.4 Å². The van der Waals surface area contributed by atoms with Crippen LogP contribution in [-0.4, -0.2) is 15.8 Å². The summed E-state index contributed by atoms with van der Waals surface area (Å²) in [5.41, 5.74) is 25.8.